The monoisotopic (exact) mass is 460 g/mol. The van der Waals surface area contributed by atoms with Crippen molar-refractivity contribution < 1.29 is 14.3 Å². The highest BCUT2D eigenvalue weighted by molar-refractivity contribution is 5.95. The number of amides is 1. The van der Waals surface area contributed by atoms with Crippen molar-refractivity contribution in [1.29, 1.82) is 5.26 Å². The van der Waals surface area contributed by atoms with Crippen LogP contribution in [0.25, 0.3) is 11.0 Å². The maximum Gasteiger partial charge on any atom is 0.306 e. The summed E-state index contributed by atoms with van der Waals surface area (Å²) in [5.74, 6) is -1.00. The summed E-state index contributed by atoms with van der Waals surface area (Å²) in [7, 11) is 0. The summed E-state index contributed by atoms with van der Waals surface area (Å²) in [4.78, 5) is 43.9. The molecule has 8 heteroatoms. The minimum Gasteiger partial charge on any atom is -0.456 e. The molecule has 0 aliphatic rings. The highest BCUT2D eigenvalue weighted by Crippen LogP contribution is 2.15. The van der Waals surface area contributed by atoms with Crippen LogP contribution in [0.5, 0.6) is 0 Å². The van der Waals surface area contributed by atoms with Gasteiger partial charge in [-0.2, -0.15) is 5.26 Å². The van der Waals surface area contributed by atoms with E-state index in [-0.39, 0.29) is 31.4 Å². The molecule has 2 aromatic carbocycles. The molecule has 0 radical (unpaired) electrons. The van der Waals surface area contributed by atoms with Crippen LogP contribution in [0.3, 0.4) is 0 Å². The number of esters is 1. The third-order valence-corrected chi connectivity index (χ3v) is 5.39. The number of hydrogen-bond acceptors (Lipinski definition) is 6. The molecule has 34 heavy (non-hydrogen) atoms. The first-order chi connectivity index (χ1) is 16.5. The molecule has 0 aliphatic carbocycles. The van der Waals surface area contributed by atoms with E-state index in [0.717, 1.165) is 18.4 Å². The highest BCUT2D eigenvalue weighted by Gasteiger charge is 2.18. The summed E-state index contributed by atoms with van der Waals surface area (Å²) in [6, 6.07) is 18.4. The smallest absolute Gasteiger partial charge is 0.306 e. The van der Waals surface area contributed by atoms with Gasteiger partial charge in [-0.15, -0.1) is 0 Å². The first-order valence-corrected chi connectivity index (χ1v) is 11.4. The van der Waals surface area contributed by atoms with Crippen molar-refractivity contribution >= 4 is 28.6 Å². The second kappa shape index (κ2) is 12.3. The molecule has 0 saturated carbocycles. The van der Waals surface area contributed by atoms with Crippen LogP contribution in [-0.2, 0) is 27.3 Å². The van der Waals surface area contributed by atoms with Crippen LogP contribution < -0.4 is 10.5 Å². The number of nitriles is 1. The molecular weight excluding hydrogens is 432 g/mol. The summed E-state index contributed by atoms with van der Waals surface area (Å²) >= 11 is 0. The number of fused-ring (bicyclic) bond motifs is 1. The van der Waals surface area contributed by atoms with E-state index in [4.69, 9.17) is 10.00 Å². The van der Waals surface area contributed by atoms with E-state index >= 15 is 0 Å². The minimum atomic E-state index is -0.587. The summed E-state index contributed by atoms with van der Waals surface area (Å²) in [5.41, 5.74) is 2.21. The van der Waals surface area contributed by atoms with E-state index < -0.39 is 18.5 Å². The Morgan fingerprint density at radius 2 is 1.85 bits per heavy atom. The maximum atomic E-state index is 13.0. The van der Waals surface area contributed by atoms with E-state index in [1.165, 1.54) is 4.90 Å². The van der Waals surface area contributed by atoms with Crippen molar-refractivity contribution in [3.63, 3.8) is 0 Å². The number of nitrogens with zero attached hydrogens (tertiary/aromatic N) is 4. The number of aromatic nitrogens is 2. The molecule has 1 aromatic heterocycles. The fraction of sp³-hybridized carbons (Fsp3) is 0.346. The van der Waals surface area contributed by atoms with Crippen LogP contribution in [0.2, 0.25) is 0 Å². The number of hydrogen-bond donors (Lipinski definition) is 0. The maximum absolute atomic E-state index is 13.0. The van der Waals surface area contributed by atoms with Crippen molar-refractivity contribution in [2.45, 2.75) is 45.6 Å². The van der Waals surface area contributed by atoms with Crippen LogP contribution in [0.4, 0.5) is 5.69 Å². The van der Waals surface area contributed by atoms with Crippen molar-refractivity contribution in [3.05, 3.63) is 70.6 Å². The molecule has 1 heterocycles. The molecule has 0 aliphatic heterocycles. The van der Waals surface area contributed by atoms with Gasteiger partial charge in [-0.1, -0.05) is 43.7 Å². The van der Waals surface area contributed by atoms with Crippen molar-refractivity contribution in [1.82, 2.24) is 9.55 Å². The fourth-order valence-corrected chi connectivity index (χ4v) is 3.63. The molecule has 1 amide bonds. The van der Waals surface area contributed by atoms with Gasteiger partial charge in [0, 0.05) is 25.2 Å². The number of benzene rings is 2. The number of ether oxygens (including phenoxy) is 1. The molecule has 176 valence electrons. The second-order valence-electron chi connectivity index (χ2n) is 7.81. The normalized spacial score (nSPS) is 10.6. The molecule has 0 fully saturated rings. The minimum absolute atomic E-state index is 0.0643. The van der Waals surface area contributed by atoms with Gasteiger partial charge in [0.2, 0.25) is 0 Å². The van der Waals surface area contributed by atoms with E-state index in [1.807, 2.05) is 36.4 Å². The van der Waals surface area contributed by atoms with Gasteiger partial charge in [0.15, 0.2) is 6.61 Å². The number of rotatable bonds is 11. The standard InChI is InChI=1S/C26H28N4O4/c1-2-3-17-30-23-13-8-7-12-21(23)28-22(26(30)33)14-15-25(32)34-19-24(31)29(18-9-16-27)20-10-5-4-6-11-20/h4-8,10-13H,2-3,9,14-15,17-19H2,1H3. The molecule has 0 N–H and O–H groups in total. The van der Waals surface area contributed by atoms with E-state index in [1.54, 1.807) is 28.8 Å². The Morgan fingerprint density at radius 3 is 2.59 bits per heavy atom. The third-order valence-electron chi connectivity index (χ3n) is 5.39. The zero-order valence-electron chi connectivity index (χ0n) is 19.3. The fourth-order valence-electron chi connectivity index (χ4n) is 3.63. The zero-order chi connectivity index (χ0) is 24.3. The molecule has 0 atom stereocenters. The van der Waals surface area contributed by atoms with Gasteiger partial charge in [0.05, 0.1) is 29.9 Å². The number of para-hydroxylation sites is 3. The van der Waals surface area contributed by atoms with E-state index in [0.29, 0.717) is 23.4 Å². The van der Waals surface area contributed by atoms with Crippen LogP contribution in [0.15, 0.2) is 59.4 Å². The zero-order valence-corrected chi connectivity index (χ0v) is 19.3. The predicted octanol–water partition coefficient (Wildman–Crippen LogP) is 3.62. The summed E-state index contributed by atoms with van der Waals surface area (Å²) in [6.45, 7) is 2.41. The van der Waals surface area contributed by atoms with Gasteiger partial charge in [0.1, 0.15) is 5.69 Å². The lowest BCUT2D eigenvalue weighted by Crippen LogP contribution is -2.35. The van der Waals surface area contributed by atoms with Gasteiger partial charge >= 0.3 is 5.97 Å². The molecule has 3 rings (SSSR count). The molecule has 0 bridgehead atoms. The van der Waals surface area contributed by atoms with Gasteiger partial charge in [-0.3, -0.25) is 14.4 Å². The topological polar surface area (TPSA) is 105 Å². The lowest BCUT2D eigenvalue weighted by Gasteiger charge is -2.21. The molecule has 0 unspecified atom stereocenters. The third kappa shape index (κ3) is 6.29. The van der Waals surface area contributed by atoms with Gasteiger partial charge in [0.25, 0.3) is 11.5 Å². The van der Waals surface area contributed by atoms with Crippen LogP contribution in [0, 0.1) is 11.3 Å². The average Bonchev–Trinajstić information content (AvgIpc) is 2.86. The Bertz CT molecular complexity index is 1230. The summed E-state index contributed by atoms with van der Waals surface area (Å²) < 4.78 is 6.89. The Morgan fingerprint density at radius 1 is 1.12 bits per heavy atom. The predicted molar refractivity (Wildman–Crippen MR) is 129 cm³/mol. The van der Waals surface area contributed by atoms with Crippen molar-refractivity contribution in [3.8, 4) is 6.07 Å². The number of anilines is 1. The lowest BCUT2D eigenvalue weighted by atomic mass is 10.2. The average molecular weight is 461 g/mol. The number of carbonyl (C=O) groups excluding carboxylic acids is 2. The van der Waals surface area contributed by atoms with E-state index in [2.05, 4.69) is 11.9 Å². The van der Waals surface area contributed by atoms with Crippen molar-refractivity contribution in [2.75, 3.05) is 18.1 Å². The number of carbonyl (C=O) groups is 2. The molecule has 8 nitrogen and oxygen atoms in total. The first-order valence-electron chi connectivity index (χ1n) is 11.4. The number of aryl methyl sites for hydroxylation is 2. The molecular formula is C26H28N4O4. The summed E-state index contributed by atoms with van der Waals surface area (Å²) in [5, 5.41) is 8.89. The van der Waals surface area contributed by atoms with Crippen LogP contribution in [0.1, 0.15) is 38.3 Å². The van der Waals surface area contributed by atoms with Gasteiger partial charge < -0.3 is 14.2 Å². The quantitative estimate of drug-likeness (QED) is 0.405. The largest absolute Gasteiger partial charge is 0.456 e. The lowest BCUT2D eigenvalue weighted by molar-refractivity contribution is -0.147. The SMILES string of the molecule is CCCCn1c(=O)c(CCC(=O)OCC(=O)N(CCC#N)c2ccccc2)nc2ccccc21. The van der Waals surface area contributed by atoms with Gasteiger partial charge in [-0.25, -0.2) is 4.98 Å². The highest BCUT2D eigenvalue weighted by atomic mass is 16.5. The molecule has 0 saturated heterocycles. The molecule has 3 aromatic rings. The van der Waals surface area contributed by atoms with Crippen molar-refractivity contribution in [2.24, 2.45) is 0 Å². The Balaban J connectivity index is 1.64. The Hall–Kier alpha value is -3.99. The number of unbranched alkanes of at least 4 members (excludes halogenated alkanes) is 1. The van der Waals surface area contributed by atoms with E-state index in [9.17, 15) is 14.4 Å². The first kappa shape index (κ1) is 24.6. The van der Waals surface area contributed by atoms with Gasteiger partial charge in [-0.05, 0) is 30.7 Å². The van der Waals surface area contributed by atoms with Crippen LogP contribution >= 0.6 is 0 Å². The Labute approximate surface area is 198 Å². The summed E-state index contributed by atoms with van der Waals surface area (Å²) in [6.07, 6.45) is 2.03. The second-order valence-corrected chi connectivity index (χ2v) is 7.81. The van der Waals surface area contributed by atoms with Crippen LogP contribution in [-0.4, -0.2) is 34.6 Å². The molecule has 0 spiro atoms. The Kier molecular flexibility index (Phi) is 8.92.